The smallest absolute Gasteiger partial charge is 0.315 e. The van der Waals surface area contributed by atoms with Crippen molar-refractivity contribution in [1.82, 2.24) is 16.0 Å². The molecule has 2 rings (SSSR count). The van der Waals surface area contributed by atoms with Crippen LogP contribution in [-0.2, 0) is 11.3 Å². The van der Waals surface area contributed by atoms with E-state index in [4.69, 9.17) is 0 Å². The molecule has 0 aliphatic heterocycles. The third-order valence-corrected chi connectivity index (χ3v) is 4.86. The predicted molar refractivity (Wildman–Crippen MR) is 100 cm³/mol. The van der Waals surface area contributed by atoms with Gasteiger partial charge in [-0.25, -0.2) is 4.79 Å². The van der Waals surface area contributed by atoms with Crippen LogP contribution in [-0.4, -0.2) is 24.0 Å². The quantitative estimate of drug-likeness (QED) is 0.600. The summed E-state index contributed by atoms with van der Waals surface area (Å²) in [5.41, 5.74) is 0.296. The molecule has 0 atom stereocenters. The molecule has 0 radical (unpaired) electrons. The zero-order chi connectivity index (χ0) is 18.0. The molecule has 1 aliphatic carbocycles. The van der Waals surface area contributed by atoms with Crippen molar-refractivity contribution in [3.63, 3.8) is 0 Å². The Morgan fingerprint density at radius 2 is 1.72 bits per heavy atom. The van der Waals surface area contributed by atoms with Crippen LogP contribution in [0, 0.1) is 0 Å². The average Bonchev–Trinajstić information content (AvgIpc) is 3.10. The number of hydrogen-bond acceptors (Lipinski definition) is 2. The molecule has 138 valence electrons. The summed E-state index contributed by atoms with van der Waals surface area (Å²) in [6.45, 7) is 3.32. The van der Waals surface area contributed by atoms with Gasteiger partial charge in [-0.05, 0) is 24.8 Å². The second-order valence-corrected chi connectivity index (χ2v) is 6.90. The van der Waals surface area contributed by atoms with Crippen molar-refractivity contribution >= 4 is 11.9 Å². The van der Waals surface area contributed by atoms with E-state index >= 15 is 0 Å². The van der Waals surface area contributed by atoms with Crippen LogP contribution < -0.4 is 16.0 Å². The van der Waals surface area contributed by atoms with E-state index in [-0.39, 0.29) is 11.9 Å². The van der Waals surface area contributed by atoms with Gasteiger partial charge in [-0.3, -0.25) is 4.79 Å². The Morgan fingerprint density at radius 3 is 2.40 bits per heavy atom. The Bertz CT molecular complexity index is 539. The summed E-state index contributed by atoms with van der Waals surface area (Å²) in [5, 5.41) is 8.83. The van der Waals surface area contributed by atoms with Crippen LogP contribution in [0.1, 0.15) is 63.9 Å². The molecule has 0 unspecified atom stereocenters. The minimum absolute atomic E-state index is 0.0311. The molecule has 5 heteroatoms. The topological polar surface area (TPSA) is 70.2 Å². The maximum atomic E-state index is 12.7. The number of unbranched alkanes of at least 4 members (excludes halogenated alkanes) is 3. The maximum absolute atomic E-state index is 12.7. The Morgan fingerprint density at radius 1 is 1.00 bits per heavy atom. The van der Waals surface area contributed by atoms with Crippen molar-refractivity contribution in [3.8, 4) is 0 Å². The first-order valence-electron chi connectivity index (χ1n) is 9.54. The molecule has 25 heavy (non-hydrogen) atoms. The van der Waals surface area contributed by atoms with E-state index in [1.165, 1.54) is 12.8 Å². The lowest BCUT2D eigenvalue weighted by Crippen LogP contribution is -2.59. The van der Waals surface area contributed by atoms with E-state index in [0.717, 1.165) is 31.2 Å². The molecule has 3 N–H and O–H groups in total. The average molecular weight is 345 g/mol. The molecule has 0 bridgehead atoms. The van der Waals surface area contributed by atoms with Crippen LogP contribution in [0.15, 0.2) is 30.3 Å². The number of carbonyl (C=O) groups is 2. The molecular weight excluding hydrogens is 314 g/mol. The van der Waals surface area contributed by atoms with E-state index in [0.29, 0.717) is 25.9 Å². The summed E-state index contributed by atoms with van der Waals surface area (Å²) >= 11 is 0. The summed E-state index contributed by atoms with van der Waals surface area (Å²) in [5.74, 6) is -0.0311. The van der Waals surface area contributed by atoms with E-state index in [2.05, 4.69) is 22.9 Å². The number of carbonyl (C=O) groups excluding carboxylic acids is 2. The van der Waals surface area contributed by atoms with E-state index < -0.39 is 5.54 Å². The molecule has 1 aromatic rings. The largest absolute Gasteiger partial charge is 0.354 e. The summed E-state index contributed by atoms with van der Waals surface area (Å²) in [6, 6.07) is 9.50. The van der Waals surface area contributed by atoms with Crippen LogP contribution in [0.4, 0.5) is 4.79 Å². The normalized spacial score (nSPS) is 15.6. The van der Waals surface area contributed by atoms with Gasteiger partial charge in [0, 0.05) is 13.1 Å². The highest BCUT2D eigenvalue weighted by molar-refractivity contribution is 5.91. The predicted octanol–water partition coefficient (Wildman–Crippen LogP) is 3.50. The first-order chi connectivity index (χ1) is 12.2. The number of benzene rings is 1. The molecule has 1 fully saturated rings. The van der Waals surface area contributed by atoms with E-state index in [1.54, 1.807) is 0 Å². The number of urea groups is 1. The monoisotopic (exact) mass is 345 g/mol. The maximum Gasteiger partial charge on any atom is 0.315 e. The number of hydrogen-bond donors (Lipinski definition) is 3. The fraction of sp³-hybridized carbons (Fsp3) is 0.600. The van der Waals surface area contributed by atoms with Crippen molar-refractivity contribution in [2.24, 2.45) is 0 Å². The molecule has 3 amide bonds. The number of amides is 3. The van der Waals surface area contributed by atoms with Gasteiger partial charge in [0.2, 0.25) is 5.91 Å². The number of nitrogens with one attached hydrogen (secondary N) is 3. The summed E-state index contributed by atoms with van der Waals surface area (Å²) in [6.07, 6.45) is 7.89. The molecule has 1 aliphatic rings. The third-order valence-electron chi connectivity index (χ3n) is 4.86. The molecule has 0 aromatic heterocycles. The number of rotatable bonds is 9. The van der Waals surface area contributed by atoms with Gasteiger partial charge in [0.25, 0.3) is 0 Å². The summed E-state index contributed by atoms with van der Waals surface area (Å²) in [7, 11) is 0. The third kappa shape index (κ3) is 6.07. The van der Waals surface area contributed by atoms with Crippen LogP contribution in [0.5, 0.6) is 0 Å². The van der Waals surface area contributed by atoms with Gasteiger partial charge in [0.15, 0.2) is 0 Å². The summed E-state index contributed by atoms with van der Waals surface area (Å²) in [4.78, 5) is 25.0. The van der Waals surface area contributed by atoms with Crippen molar-refractivity contribution in [2.75, 3.05) is 6.54 Å². The highest BCUT2D eigenvalue weighted by Gasteiger charge is 2.42. The van der Waals surface area contributed by atoms with Crippen molar-refractivity contribution in [1.29, 1.82) is 0 Å². The molecule has 1 saturated carbocycles. The Kier molecular flexibility index (Phi) is 7.76. The minimum Gasteiger partial charge on any atom is -0.354 e. The van der Waals surface area contributed by atoms with Crippen LogP contribution >= 0.6 is 0 Å². The molecule has 1 aromatic carbocycles. The Hall–Kier alpha value is -2.04. The fourth-order valence-electron chi connectivity index (χ4n) is 3.35. The van der Waals surface area contributed by atoms with Crippen molar-refractivity contribution in [3.05, 3.63) is 35.9 Å². The van der Waals surface area contributed by atoms with Gasteiger partial charge in [0.1, 0.15) is 5.54 Å². The van der Waals surface area contributed by atoms with Crippen LogP contribution in [0.2, 0.25) is 0 Å². The summed E-state index contributed by atoms with van der Waals surface area (Å²) < 4.78 is 0. The molecular formula is C20H31N3O2. The van der Waals surface area contributed by atoms with Crippen LogP contribution in [0.25, 0.3) is 0 Å². The Balaban J connectivity index is 1.81. The first kappa shape index (κ1) is 19.3. The highest BCUT2D eigenvalue weighted by Crippen LogP contribution is 2.29. The van der Waals surface area contributed by atoms with Crippen LogP contribution in [0.3, 0.4) is 0 Å². The molecule has 0 spiro atoms. The van der Waals surface area contributed by atoms with Gasteiger partial charge in [-0.1, -0.05) is 69.4 Å². The standard InChI is InChI=1S/C20H31N3O2/c1-2-3-4-10-15-21-18(24)20(13-8-9-14-20)23-19(25)22-16-17-11-6-5-7-12-17/h5-7,11-12H,2-4,8-10,13-16H2,1H3,(H,21,24)(H2,22,23,25). The minimum atomic E-state index is -0.745. The van der Waals surface area contributed by atoms with Gasteiger partial charge < -0.3 is 16.0 Å². The van der Waals surface area contributed by atoms with Gasteiger partial charge in [-0.15, -0.1) is 0 Å². The molecule has 0 heterocycles. The SMILES string of the molecule is CCCCCCNC(=O)C1(NC(=O)NCc2ccccc2)CCCC1. The second kappa shape index (κ2) is 10.1. The lowest BCUT2D eigenvalue weighted by molar-refractivity contribution is -0.127. The lowest BCUT2D eigenvalue weighted by atomic mass is 9.96. The van der Waals surface area contributed by atoms with E-state index in [9.17, 15) is 9.59 Å². The van der Waals surface area contributed by atoms with E-state index in [1.807, 2.05) is 30.3 Å². The molecule has 0 saturated heterocycles. The fourth-order valence-corrected chi connectivity index (χ4v) is 3.35. The first-order valence-corrected chi connectivity index (χ1v) is 9.54. The molecule has 5 nitrogen and oxygen atoms in total. The van der Waals surface area contributed by atoms with Gasteiger partial charge in [-0.2, -0.15) is 0 Å². The zero-order valence-electron chi connectivity index (χ0n) is 15.3. The Labute approximate surface area is 151 Å². The highest BCUT2D eigenvalue weighted by atomic mass is 16.2. The van der Waals surface area contributed by atoms with Gasteiger partial charge >= 0.3 is 6.03 Å². The van der Waals surface area contributed by atoms with Crippen molar-refractivity contribution in [2.45, 2.75) is 70.4 Å². The zero-order valence-corrected chi connectivity index (χ0v) is 15.3. The second-order valence-electron chi connectivity index (χ2n) is 6.90. The van der Waals surface area contributed by atoms with Crippen molar-refractivity contribution < 1.29 is 9.59 Å². The van der Waals surface area contributed by atoms with Gasteiger partial charge in [0.05, 0.1) is 0 Å². The lowest BCUT2D eigenvalue weighted by Gasteiger charge is -2.29.